The number of aryl methyl sites for hydroxylation is 1. The van der Waals surface area contributed by atoms with E-state index < -0.39 is 0 Å². The highest BCUT2D eigenvalue weighted by Gasteiger charge is 2.23. The lowest BCUT2D eigenvalue weighted by molar-refractivity contribution is -0.383. The third kappa shape index (κ3) is 3.05. The van der Waals surface area contributed by atoms with Crippen molar-refractivity contribution in [2.75, 3.05) is 37.7 Å². The lowest BCUT2D eigenvalue weighted by Gasteiger charge is -2.39. The van der Waals surface area contributed by atoms with Gasteiger partial charge in [-0.2, -0.15) is 0 Å². The van der Waals surface area contributed by atoms with Crippen LogP contribution in [-0.2, 0) is 0 Å². The molecule has 1 N–H and O–H groups in total. The minimum atomic E-state index is -0.376. The number of nitrogens with zero attached hydrogens (tertiary/aromatic N) is 4. The van der Waals surface area contributed by atoms with Crippen molar-refractivity contribution in [2.45, 2.75) is 19.9 Å². The van der Waals surface area contributed by atoms with E-state index in [9.17, 15) is 15.2 Å². The summed E-state index contributed by atoms with van der Waals surface area (Å²) in [6.07, 6.45) is 0. The molecule has 0 spiro atoms. The Morgan fingerprint density at radius 3 is 2.67 bits per heavy atom. The number of non-ortho nitro benzene ring substituents is 1. The molecule has 1 unspecified atom stereocenters. The normalized spacial score (nSPS) is 17.2. The summed E-state index contributed by atoms with van der Waals surface area (Å²) in [5.74, 6) is 0. The quantitative estimate of drug-likeness (QED) is 0.681. The molecule has 0 aliphatic carbocycles. The number of benzene rings is 1. The first-order valence-electron chi connectivity index (χ1n) is 8.16. The van der Waals surface area contributed by atoms with E-state index in [1.165, 1.54) is 6.07 Å². The molecule has 2 heterocycles. The summed E-state index contributed by atoms with van der Waals surface area (Å²) >= 11 is 0. The minimum Gasteiger partial charge on any atom is -0.395 e. The van der Waals surface area contributed by atoms with Gasteiger partial charge in [0.15, 0.2) is 5.52 Å². The molecule has 7 heteroatoms. The lowest BCUT2D eigenvalue weighted by Crippen LogP contribution is -2.50. The van der Waals surface area contributed by atoms with E-state index in [0.29, 0.717) is 5.52 Å². The number of aliphatic hydroxyl groups is 1. The Kier molecular flexibility index (Phi) is 4.64. The van der Waals surface area contributed by atoms with Crippen molar-refractivity contribution >= 4 is 22.3 Å². The molecule has 1 saturated heterocycles. The first-order chi connectivity index (χ1) is 11.5. The zero-order chi connectivity index (χ0) is 17.3. The molecule has 1 fully saturated rings. The fraction of sp³-hybridized carbons (Fsp3) is 0.471. The van der Waals surface area contributed by atoms with E-state index in [0.717, 1.165) is 42.9 Å². The molecule has 24 heavy (non-hydrogen) atoms. The van der Waals surface area contributed by atoms with E-state index in [1.54, 1.807) is 6.07 Å². The molecular formula is C17H22N4O3. The third-order valence-corrected chi connectivity index (χ3v) is 4.66. The van der Waals surface area contributed by atoms with Crippen LogP contribution in [0, 0.1) is 17.0 Å². The van der Waals surface area contributed by atoms with Crippen LogP contribution < -0.4 is 4.90 Å². The fourth-order valence-corrected chi connectivity index (χ4v) is 3.27. The van der Waals surface area contributed by atoms with Gasteiger partial charge in [-0.3, -0.25) is 15.0 Å². The zero-order valence-corrected chi connectivity index (χ0v) is 14.0. The van der Waals surface area contributed by atoms with Gasteiger partial charge in [0.25, 0.3) is 5.69 Å². The van der Waals surface area contributed by atoms with E-state index in [-0.39, 0.29) is 23.3 Å². The Hall–Kier alpha value is -2.25. The van der Waals surface area contributed by atoms with Gasteiger partial charge in [-0.05, 0) is 19.9 Å². The van der Waals surface area contributed by atoms with Gasteiger partial charge >= 0.3 is 0 Å². The van der Waals surface area contributed by atoms with Crippen molar-refractivity contribution in [3.05, 3.63) is 40.1 Å². The van der Waals surface area contributed by atoms with E-state index in [1.807, 2.05) is 26.0 Å². The van der Waals surface area contributed by atoms with Gasteiger partial charge in [0.2, 0.25) is 0 Å². The molecule has 128 valence electrons. The fourth-order valence-electron chi connectivity index (χ4n) is 3.27. The number of nitro benzene ring substituents is 1. The van der Waals surface area contributed by atoms with Crippen LogP contribution in [0.3, 0.4) is 0 Å². The number of hydrogen-bond acceptors (Lipinski definition) is 6. The van der Waals surface area contributed by atoms with Crippen LogP contribution in [0.25, 0.3) is 10.9 Å². The van der Waals surface area contributed by atoms with E-state index in [4.69, 9.17) is 0 Å². The summed E-state index contributed by atoms with van der Waals surface area (Å²) in [5, 5.41) is 21.4. The van der Waals surface area contributed by atoms with Gasteiger partial charge in [0.1, 0.15) is 0 Å². The summed E-state index contributed by atoms with van der Waals surface area (Å²) in [6, 6.07) is 7.26. The number of anilines is 1. The van der Waals surface area contributed by atoms with Crippen LogP contribution in [-0.4, -0.2) is 58.7 Å². The van der Waals surface area contributed by atoms with E-state index in [2.05, 4.69) is 14.8 Å². The van der Waals surface area contributed by atoms with Crippen LogP contribution in [0.15, 0.2) is 24.3 Å². The van der Waals surface area contributed by atoms with Gasteiger partial charge in [0.05, 0.1) is 11.5 Å². The first kappa shape index (κ1) is 16.6. The molecule has 1 aliphatic heterocycles. The van der Waals surface area contributed by atoms with Crippen molar-refractivity contribution < 1.29 is 10.0 Å². The zero-order valence-electron chi connectivity index (χ0n) is 14.0. The second kappa shape index (κ2) is 6.70. The van der Waals surface area contributed by atoms with Crippen LogP contribution in [0.2, 0.25) is 0 Å². The topological polar surface area (TPSA) is 82.7 Å². The number of fused-ring (bicyclic) bond motifs is 1. The molecule has 3 rings (SSSR count). The molecule has 0 bridgehead atoms. The molecule has 1 aromatic carbocycles. The molecule has 2 aromatic rings. The summed E-state index contributed by atoms with van der Waals surface area (Å²) < 4.78 is 0. The molecule has 1 aromatic heterocycles. The molecule has 0 amide bonds. The largest absolute Gasteiger partial charge is 0.395 e. The van der Waals surface area contributed by atoms with Crippen molar-refractivity contribution in [3.63, 3.8) is 0 Å². The van der Waals surface area contributed by atoms with Gasteiger partial charge in [-0.1, -0.05) is 12.1 Å². The Labute approximate surface area is 140 Å². The Balaban J connectivity index is 1.96. The SMILES string of the molecule is Cc1cc(N2CCN(C(C)CO)CC2)c2cccc([N+](=O)[O-])c2n1. The molecule has 1 atom stereocenters. The molecule has 0 radical (unpaired) electrons. The van der Waals surface area contributed by atoms with E-state index >= 15 is 0 Å². The Bertz CT molecular complexity index is 757. The molecule has 1 aliphatic rings. The van der Waals surface area contributed by atoms with Crippen LogP contribution >= 0.6 is 0 Å². The summed E-state index contributed by atoms with van der Waals surface area (Å²) in [4.78, 5) is 19.8. The van der Waals surface area contributed by atoms with Gasteiger partial charge in [-0.15, -0.1) is 0 Å². The van der Waals surface area contributed by atoms with Crippen molar-refractivity contribution in [3.8, 4) is 0 Å². The van der Waals surface area contributed by atoms with Crippen LogP contribution in [0.5, 0.6) is 0 Å². The lowest BCUT2D eigenvalue weighted by atomic mass is 10.1. The predicted molar refractivity (Wildman–Crippen MR) is 93.5 cm³/mol. The predicted octanol–water partition coefficient (Wildman–Crippen LogP) is 1.95. The highest BCUT2D eigenvalue weighted by atomic mass is 16.6. The van der Waals surface area contributed by atoms with Crippen molar-refractivity contribution in [1.82, 2.24) is 9.88 Å². The maximum absolute atomic E-state index is 11.3. The number of pyridine rings is 1. The van der Waals surface area contributed by atoms with Gasteiger partial charge < -0.3 is 10.0 Å². The van der Waals surface area contributed by atoms with Crippen LogP contribution in [0.1, 0.15) is 12.6 Å². The van der Waals surface area contributed by atoms with Gasteiger partial charge in [0, 0.05) is 55.1 Å². The number of rotatable bonds is 4. The second-order valence-corrected chi connectivity index (χ2v) is 6.27. The standard InChI is InChI=1S/C17H22N4O3/c1-12-10-16(20-8-6-19(7-9-20)13(2)11-22)14-4-3-5-15(21(23)24)17(14)18-12/h3-5,10,13,22H,6-9,11H2,1-2H3. The average molecular weight is 330 g/mol. The summed E-state index contributed by atoms with van der Waals surface area (Å²) in [6.45, 7) is 7.41. The maximum Gasteiger partial charge on any atom is 0.295 e. The third-order valence-electron chi connectivity index (χ3n) is 4.66. The smallest absolute Gasteiger partial charge is 0.295 e. The van der Waals surface area contributed by atoms with Crippen molar-refractivity contribution in [2.24, 2.45) is 0 Å². The summed E-state index contributed by atoms with van der Waals surface area (Å²) in [5.41, 5.74) is 2.27. The monoisotopic (exact) mass is 330 g/mol. The number of para-hydroxylation sites is 1. The second-order valence-electron chi connectivity index (χ2n) is 6.27. The Morgan fingerprint density at radius 1 is 1.33 bits per heavy atom. The molecular weight excluding hydrogens is 308 g/mol. The number of aromatic nitrogens is 1. The average Bonchev–Trinajstić information content (AvgIpc) is 2.59. The van der Waals surface area contributed by atoms with Crippen molar-refractivity contribution in [1.29, 1.82) is 0 Å². The number of piperazine rings is 1. The Morgan fingerprint density at radius 2 is 2.04 bits per heavy atom. The minimum absolute atomic E-state index is 0.0463. The first-order valence-corrected chi connectivity index (χ1v) is 8.16. The molecule has 0 saturated carbocycles. The highest BCUT2D eigenvalue weighted by Crippen LogP contribution is 2.32. The molecule has 7 nitrogen and oxygen atoms in total. The van der Waals surface area contributed by atoms with Crippen LogP contribution in [0.4, 0.5) is 11.4 Å². The number of hydrogen-bond donors (Lipinski definition) is 1. The maximum atomic E-state index is 11.3. The number of aliphatic hydroxyl groups excluding tert-OH is 1. The summed E-state index contributed by atoms with van der Waals surface area (Å²) in [7, 11) is 0. The van der Waals surface area contributed by atoms with Gasteiger partial charge in [-0.25, -0.2) is 4.98 Å². The number of nitro groups is 1. The highest BCUT2D eigenvalue weighted by molar-refractivity contribution is 5.97.